The number of aliphatic hydroxyl groups is 1. The minimum absolute atomic E-state index is 0.0454. The van der Waals surface area contributed by atoms with Gasteiger partial charge in [0.1, 0.15) is 17.3 Å². The van der Waals surface area contributed by atoms with Gasteiger partial charge in [0.25, 0.3) is 5.78 Å². The van der Waals surface area contributed by atoms with Crippen LogP contribution in [0.15, 0.2) is 72.3 Å². The van der Waals surface area contributed by atoms with Crippen LogP contribution in [0.3, 0.4) is 0 Å². The van der Waals surface area contributed by atoms with Crippen LogP contribution >= 0.6 is 11.3 Å². The number of fused-ring (bicyclic) bond motifs is 1. The number of amides is 1. The summed E-state index contributed by atoms with van der Waals surface area (Å²) in [5, 5.41) is 11.6. The molecule has 0 saturated carbocycles. The summed E-state index contributed by atoms with van der Waals surface area (Å²) in [4.78, 5) is 32.5. The third kappa shape index (κ3) is 4.03. The molecule has 5 rings (SSSR count). The van der Waals surface area contributed by atoms with Crippen molar-refractivity contribution in [3.63, 3.8) is 0 Å². The number of thiazole rings is 1. The summed E-state index contributed by atoms with van der Waals surface area (Å²) in [7, 11) is 1.50. The fraction of sp³-hybridized carbons (Fsp3) is 0.179. The smallest absolute Gasteiger partial charge is 0.301 e. The minimum Gasteiger partial charge on any atom is -0.507 e. The van der Waals surface area contributed by atoms with E-state index in [1.807, 2.05) is 24.3 Å². The zero-order valence-corrected chi connectivity index (χ0v) is 20.7. The van der Waals surface area contributed by atoms with E-state index in [1.165, 1.54) is 30.2 Å². The van der Waals surface area contributed by atoms with Gasteiger partial charge in [0.15, 0.2) is 5.13 Å². The van der Waals surface area contributed by atoms with Gasteiger partial charge >= 0.3 is 5.91 Å². The molecule has 4 aromatic rings. The molecule has 6 nitrogen and oxygen atoms in total. The van der Waals surface area contributed by atoms with E-state index in [1.54, 1.807) is 24.3 Å². The molecule has 2 heterocycles. The molecule has 0 bridgehead atoms. The minimum atomic E-state index is -0.914. The summed E-state index contributed by atoms with van der Waals surface area (Å²) in [6, 6.07) is 17.5. The molecule has 182 valence electrons. The zero-order valence-electron chi connectivity index (χ0n) is 19.9. The number of methoxy groups -OCH3 is 1. The Morgan fingerprint density at radius 2 is 1.83 bits per heavy atom. The van der Waals surface area contributed by atoms with Crippen molar-refractivity contribution in [2.75, 3.05) is 12.0 Å². The molecule has 36 heavy (non-hydrogen) atoms. The van der Waals surface area contributed by atoms with Crippen LogP contribution in [0.5, 0.6) is 5.75 Å². The van der Waals surface area contributed by atoms with Gasteiger partial charge in [-0.05, 0) is 47.4 Å². The first kappa shape index (κ1) is 23.7. The van der Waals surface area contributed by atoms with Crippen LogP contribution in [0.4, 0.5) is 9.52 Å². The molecule has 1 aliphatic heterocycles. The number of hydrogen-bond donors (Lipinski definition) is 1. The van der Waals surface area contributed by atoms with E-state index < -0.39 is 23.5 Å². The standard InChI is InChI=1S/C28H23FN2O4S/c1-15(2)16-7-9-17(10-8-16)24-23(25(32)18-5-4-6-20(13-18)35-3)26(33)27(34)31(24)28-30-21-12-11-19(29)14-22(21)36-28/h4-15,24,32H,1-3H3/b25-23+. The maximum Gasteiger partial charge on any atom is 0.301 e. The summed E-state index contributed by atoms with van der Waals surface area (Å²) in [6.45, 7) is 4.15. The molecule has 0 aliphatic carbocycles. The van der Waals surface area contributed by atoms with E-state index in [0.29, 0.717) is 33.0 Å². The Morgan fingerprint density at radius 1 is 1.08 bits per heavy atom. The second-order valence-electron chi connectivity index (χ2n) is 8.83. The second-order valence-corrected chi connectivity index (χ2v) is 9.84. The number of rotatable bonds is 5. The van der Waals surface area contributed by atoms with Gasteiger partial charge < -0.3 is 9.84 Å². The number of ketones is 1. The summed E-state index contributed by atoms with van der Waals surface area (Å²) in [6.07, 6.45) is 0. The van der Waals surface area contributed by atoms with Crippen LogP contribution in [0.25, 0.3) is 16.0 Å². The number of anilines is 1. The van der Waals surface area contributed by atoms with Gasteiger partial charge in [-0.2, -0.15) is 0 Å². The highest BCUT2D eigenvalue weighted by Crippen LogP contribution is 2.44. The Kier molecular flexibility index (Phi) is 6.05. The molecule has 0 radical (unpaired) electrons. The van der Waals surface area contributed by atoms with Crippen molar-refractivity contribution in [3.05, 3.63) is 94.8 Å². The lowest BCUT2D eigenvalue weighted by molar-refractivity contribution is -0.132. The van der Waals surface area contributed by atoms with Crippen molar-refractivity contribution >= 4 is 44.1 Å². The molecule has 0 spiro atoms. The maximum absolute atomic E-state index is 13.8. The van der Waals surface area contributed by atoms with Crippen molar-refractivity contribution < 1.29 is 23.8 Å². The Morgan fingerprint density at radius 3 is 2.53 bits per heavy atom. The van der Waals surface area contributed by atoms with Crippen LogP contribution in [-0.4, -0.2) is 28.9 Å². The van der Waals surface area contributed by atoms with Crippen LogP contribution in [0, 0.1) is 5.82 Å². The Balaban J connectivity index is 1.72. The molecule has 1 aliphatic rings. The SMILES string of the molecule is COc1cccc(/C(O)=C2\C(=O)C(=O)N(c3nc4ccc(F)cc4s3)C2c2ccc(C(C)C)cc2)c1. The van der Waals surface area contributed by atoms with Crippen LogP contribution in [-0.2, 0) is 9.59 Å². The molecule has 1 unspecified atom stereocenters. The lowest BCUT2D eigenvalue weighted by Crippen LogP contribution is -2.29. The third-order valence-corrected chi connectivity index (χ3v) is 7.27. The number of carbonyl (C=O) groups excluding carboxylic acids is 2. The molecular weight excluding hydrogens is 479 g/mol. The van der Waals surface area contributed by atoms with E-state index in [0.717, 1.165) is 16.9 Å². The molecule has 8 heteroatoms. The van der Waals surface area contributed by atoms with E-state index in [9.17, 15) is 19.1 Å². The fourth-order valence-corrected chi connectivity index (χ4v) is 5.34. The van der Waals surface area contributed by atoms with Gasteiger partial charge in [0, 0.05) is 5.56 Å². The number of nitrogens with zero attached hydrogens (tertiary/aromatic N) is 2. The Hall–Kier alpha value is -4.04. The normalized spacial score (nSPS) is 17.4. The van der Waals surface area contributed by atoms with E-state index in [4.69, 9.17) is 4.74 Å². The van der Waals surface area contributed by atoms with Gasteiger partial charge in [0.2, 0.25) is 0 Å². The molecule has 1 amide bonds. The highest BCUT2D eigenvalue weighted by molar-refractivity contribution is 7.22. The first-order valence-electron chi connectivity index (χ1n) is 11.4. The topological polar surface area (TPSA) is 79.7 Å². The summed E-state index contributed by atoms with van der Waals surface area (Å²) in [5.74, 6) is -1.56. The van der Waals surface area contributed by atoms with Crippen molar-refractivity contribution in [1.82, 2.24) is 4.98 Å². The number of carbonyl (C=O) groups is 2. The first-order chi connectivity index (χ1) is 17.3. The number of ether oxygens (including phenoxy) is 1. The highest BCUT2D eigenvalue weighted by Gasteiger charge is 2.48. The average molecular weight is 503 g/mol. The predicted molar refractivity (Wildman–Crippen MR) is 138 cm³/mol. The third-order valence-electron chi connectivity index (χ3n) is 6.25. The lowest BCUT2D eigenvalue weighted by atomic mass is 9.93. The number of hydrogen-bond acceptors (Lipinski definition) is 6. The van der Waals surface area contributed by atoms with Crippen LogP contribution < -0.4 is 9.64 Å². The zero-order chi connectivity index (χ0) is 25.6. The summed E-state index contributed by atoms with van der Waals surface area (Å²) in [5.41, 5.74) is 2.56. The van der Waals surface area contributed by atoms with Gasteiger partial charge in [-0.3, -0.25) is 14.5 Å². The lowest BCUT2D eigenvalue weighted by Gasteiger charge is -2.23. The largest absolute Gasteiger partial charge is 0.507 e. The molecule has 1 atom stereocenters. The summed E-state index contributed by atoms with van der Waals surface area (Å²) >= 11 is 1.11. The number of benzene rings is 3. The van der Waals surface area contributed by atoms with Gasteiger partial charge in [-0.25, -0.2) is 9.37 Å². The van der Waals surface area contributed by atoms with Crippen molar-refractivity contribution in [2.45, 2.75) is 25.8 Å². The van der Waals surface area contributed by atoms with E-state index >= 15 is 0 Å². The molecule has 3 aromatic carbocycles. The van der Waals surface area contributed by atoms with Crippen molar-refractivity contribution in [1.29, 1.82) is 0 Å². The number of Topliss-reactive ketones (excluding diaryl/α,β-unsaturated/α-hetero) is 1. The van der Waals surface area contributed by atoms with Crippen LogP contribution in [0.1, 0.15) is 42.5 Å². The van der Waals surface area contributed by atoms with Crippen LogP contribution in [0.2, 0.25) is 0 Å². The second kappa shape index (κ2) is 9.20. The highest BCUT2D eigenvalue weighted by atomic mass is 32.1. The Bertz CT molecular complexity index is 1520. The predicted octanol–water partition coefficient (Wildman–Crippen LogP) is 6.19. The van der Waals surface area contributed by atoms with E-state index in [2.05, 4.69) is 18.8 Å². The molecule has 1 aromatic heterocycles. The van der Waals surface area contributed by atoms with Crippen molar-refractivity contribution in [2.24, 2.45) is 0 Å². The Labute approximate surface area is 211 Å². The number of aliphatic hydroxyl groups excluding tert-OH is 1. The molecule has 1 N–H and O–H groups in total. The first-order valence-corrected chi connectivity index (χ1v) is 12.2. The molecular formula is C28H23FN2O4S. The summed E-state index contributed by atoms with van der Waals surface area (Å²) < 4.78 is 19.6. The van der Waals surface area contributed by atoms with Gasteiger partial charge in [0.05, 0.1) is 28.9 Å². The van der Waals surface area contributed by atoms with Gasteiger partial charge in [-0.1, -0.05) is 61.6 Å². The maximum atomic E-state index is 13.8. The molecule has 1 fully saturated rings. The monoisotopic (exact) mass is 502 g/mol. The van der Waals surface area contributed by atoms with Gasteiger partial charge in [-0.15, -0.1) is 0 Å². The quantitative estimate of drug-likeness (QED) is 0.200. The number of aromatic nitrogens is 1. The van der Waals surface area contributed by atoms with E-state index in [-0.39, 0.29) is 16.5 Å². The number of halogens is 1. The fourth-order valence-electron chi connectivity index (χ4n) is 4.32. The average Bonchev–Trinajstić information content (AvgIpc) is 3.41. The van der Waals surface area contributed by atoms with Crippen molar-refractivity contribution in [3.8, 4) is 5.75 Å². The molecule has 1 saturated heterocycles.